The van der Waals surface area contributed by atoms with Crippen molar-refractivity contribution < 1.29 is 14.3 Å². The summed E-state index contributed by atoms with van der Waals surface area (Å²) in [5, 5.41) is 5.06. The van der Waals surface area contributed by atoms with E-state index in [2.05, 4.69) is 10.6 Å². The van der Waals surface area contributed by atoms with Crippen LogP contribution >= 0.6 is 0 Å². The van der Waals surface area contributed by atoms with Crippen molar-refractivity contribution in [3.8, 4) is 5.75 Å². The van der Waals surface area contributed by atoms with Crippen LogP contribution in [0.2, 0.25) is 0 Å². The maximum absolute atomic E-state index is 11.3. The Kier molecular flexibility index (Phi) is 4.32. The van der Waals surface area contributed by atoms with Crippen LogP contribution in [-0.2, 0) is 4.79 Å². The summed E-state index contributed by atoms with van der Waals surface area (Å²) in [4.78, 5) is 21.5. The fourth-order valence-electron chi connectivity index (χ4n) is 1.09. The van der Waals surface area contributed by atoms with Crippen LogP contribution in [0.1, 0.15) is 13.8 Å². The molecule has 0 aromatic heterocycles. The molecule has 5 heteroatoms. The highest BCUT2D eigenvalue weighted by molar-refractivity contribution is 5.74. The maximum Gasteiger partial charge on any atom is 0.412 e. The van der Waals surface area contributed by atoms with Crippen LogP contribution in [-0.4, -0.2) is 18.5 Å². The van der Waals surface area contributed by atoms with Crippen LogP contribution in [0, 0.1) is 0 Å². The molecule has 0 saturated heterocycles. The van der Waals surface area contributed by atoms with Gasteiger partial charge in [0.25, 0.3) is 0 Å². The molecular weight excluding hydrogens is 208 g/mol. The summed E-state index contributed by atoms with van der Waals surface area (Å²) in [6, 6.07) is 6.60. The maximum atomic E-state index is 11.3. The first kappa shape index (κ1) is 12.0. The number of carbonyl (C=O) groups excluding carboxylic acids is 2. The smallest absolute Gasteiger partial charge is 0.410 e. The molecule has 0 aliphatic rings. The zero-order valence-corrected chi connectivity index (χ0v) is 9.19. The molecule has 0 heterocycles. The standard InChI is InChI=1S/C11H14N2O3/c1-8(2)13-11(15)16-10-5-3-4-9(6-10)12-7-14/h3-8H,1-2H3,(H,12,14)(H,13,15). The second-order valence-electron chi connectivity index (χ2n) is 3.48. The second-order valence-corrected chi connectivity index (χ2v) is 3.48. The lowest BCUT2D eigenvalue weighted by Gasteiger charge is -2.09. The summed E-state index contributed by atoms with van der Waals surface area (Å²) < 4.78 is 5.01. The van der Waals surface area contributed by atoms with Crippen molar-refractivity contribution in [2.24, 2.45) is 0 Å². The third-order valence-electron chi connectivity index (χ3n) is 1.68. The van der Waals surface area contributed by atoms with Gasteiger partial charge in [0.1, 0.15) is 5.75 Å². The van der Waals surface area contributed by atoms with Gasteiger partial charge in [0.15, 0.2) is 0 Å². The molecule has 2 N–H and O–H groups in total. The third-order valence-corrected chi connectivity index (χ3v) is 1.68. The van der Waals surface area contributed by atoms with Crippen LogP contribution < -0.4 is 15.4 Å². The van der Waals surface area contributed by atoms with E-state index in [9.17, 15) is 9.59 Å². The minimum Gasteiger partial charge on any atom is -0.410 e. The summed E-state index contributed by atoms with van der Waals surface area (Å²) in [5.41, 5.74) is 0.574. The van der Waals surface area contributed by atoms with Crippen molar-refractivity contribution in [3.63, 3.8) is 0 Å². The number of ether oxygens (including phenoxy) is 1. The Balaban J connectivity index is 2.62. The molecule has 0 bridgehead atoms. The number of rotatable bonds is 4. The third kappa shape index (κ3) is 4.00. The monoisotopic (exact) mass is 222 g/mol. The molecule has 5 nitrogen and oxygen atoms in total. The second kappa shape index (κ2) is 5.75. The fraction of sp³-hybridized carbons (Fsp3) is 0.273. The van der Waals surface area contributed by atoms with Gasteiger partial charge in [-0.1, -0.05) is 6.07 Å². The van der Waals surface area contributed by atoms with Crippen molar-refractivity contribution in [3.05, 3.63) is 24.3 Å². The number of amides is 2. The average molecular weight is 222 g/mol. The SMILES string of the molecule is CC(C)NC(=O)Oc1cccc(NC=O)c1. The lowest BCUT2D eigenvalue weighted by atomic mass is 10.3. The van der Waals surface area contributed by atoms with Crippen molar-refractivity contribution in [2.75, 3.05) is 5.32 Å². The minimum atomic E-state index is -0.516. The molecule has 16 heavy (non-hydrogen) atoms. The Morgan fingerprint density at radius 1 is 1.44 bits per heavy atom. The molecule has 2 amide bonds. The van der Waals surface area contributed by atoms with Crippen LogP contribution in [0.15, 0.2) is 24.3 Å². The number of carbonyl (C=O) groups is 2. The minimum absolute atomic E-state index is 0.0174. The first-order chi connectivity index (χ1) is 7.61. The molecule has 1 aromatic rings. The Morgan fingerprint density at radius 2 is 2.19 bits per heavy atom. The van der Waals surface area contributed by atoms with Crippen molar-refractivity contribution >= 4 is 18.2 Å². The molecule has 0 saturated carbocycles. The van der Waals surface area contributed by atoms with Gasteiger partial charge >= 0.3 is 6.09 Å². The highest BCUT2D eigenvalue weighted by Crippen LogP contribution is 2.16. The topological polar surface area (TPSA) is 67.4 Å². The first-order valence-corrected chi connectivity index (χ1v) is 4.90. The van der Waals surface area contributed by atoms with E-state index in [1.807, 2.05) is 13.8 Å². The van der Waals surface area contributed by atoms with Gasteiger partial charge in [-0.05, 0) is 26.0 Å². The van der Waals surface area contributed by atoms with Gasteiger partial charge in [-0.3, -0.25) is 4.79 Å². The van der Waals surface area contributed by atoms with Gasteiger partial charge in [-0.2, -0.15) is 0 Å². The van der Waals surface area contributed by atoms with E-state index < -0.39 is 6.09 Å². The van der Waals surface area contributed by atoms with E-state index in [1.165, 1.54) is 0 Å². The highest BCUT2D eigenvalue weighted by Gasteiger charge is 2.05. The predicted molar refractivity (Wildman–Crippen MR) is 60.4 cm³/mol. The van der Waals surface area contributed by atoms with E-state index in [-0.39, 0.29) is 6.04 Å². The number of hydrogen-bond donors (Lipinski definition) is 2. The summed E-state index contributed by atoms with van der Waals surface area (Å²) in [5.74, 6) is 0.380. The predicted octanol–water partition coefficient (Wildman–Crippen LogP) is 1.75. The van der Waals surface area contributed by atoms with Gasteiger partial charge < -0.3 is 15.4 Å². The van der Waals surface area contributed by atoms with Crippen LogP contribution in [0.25, 0.3) is 0 Å². The summed E-state index contributed by atoms with van der Waals surface area (Å²) in [6.45, 7) is 3.68. The zero-order chi connectivity index (χ0) is 12.0. The van der Waals surface area contributed by atoms with Gasteiger partial charge in [-0.25, -0.2) is 4.79 Å². The van der Waals surface area contributed by atoms with Crippen LogP contribution in [0.3, 0.4) is 0 Å². The van der Waals surface area contributed by atoms with E-state index in [0.29, 0.717) is 17.8 Å². The average Bonchev–Trinajstić information content (AvgIpc) is 2.17. The normalized spacial score (nSPS) is 9.69. The summed E-state index contributed by atoms with van der Waals surface area (Å²) in [6.07, 6.45) is 0.0473. The zero-order valence-electron chi connectivity index (χ0n) is 9.19. The largest absolute Gasteiger partial charge is 0.412 e. The Morgan fingerprint density at radius 3 is 2.81 bits per heavy atom. The molecule has 0 fully saturated rings. The summed E-state index contributed by atoms with van der Waals surface area (Å²) in [7, 11) is 0. The number of benzene rings is 1. The molecule has 0 aliphatic carbocycles. The number of nitrogens with one attached hydrogen (secondary N) is 2. The Hall–Kier alpha value is -2.04. The Bertz CT molecular complexity index is 377. The van der Waals surface area contributed by atoms with E-state index in [4.69, 9.17) is 4.74 Å². The van der Waals surface area contributed by atoms with E-state index in [0.717, 1.165) is 0 Å². The molecule has 0 aliphatic heterocycles. The van der Waals surface area contributed by atoms with Gasteiger partial charge in [0.05, 0.1) is 0 Å². The number of anilines is 1. The number of hydrogen-bond acceptors (Lipinski definition) is 3. The Labute approximate surface area is 93.8 Å². The van der Waals surface area contributed by atoms with Crippen molar-refractivity contribution in [2.45, 2.75) is 19.9 Å². The van der Waals surface area contributed by atoms with Gasteiger partial charge in [0, 0.05) is 17.8 Å². The van der Waals surface area contributed by atoms with Gasteiger partial charge in [-0.15, -0.1) is 0 Å². The lowest BCUT2D eigenvalue weighted by Crippen LogP contribution is -2.32. The van der Waals surface area contributed by atoms with Crippen LogP contribution in [0.5, 0.6) is 5.75 Å². The molecule has 0 unspecified atom stereocenters. The molecule has 86 valence electrons. The molecule has 0 atom stereocenters. The molecule has 0 spiro atoms. The van der Waals surface area contributed by atoms with E-state index in [1.54, 1.807) is 24.3 Å². The molecule has 1 rings (SSSR count). The van der Waals surface area contributed by atoms with Crippen LogP contribution in [0.4, 0.5) is 10.5 Å². The van der Waals surface area contributed by atoms with Crippen molar-refractivity contribution in [1.82, 2.24) is 5.32 Å². The fourth-order valence-corrected chi connectivity index (χ4v) is 1.09. The molecular formula is C11H14N2O3. The van der Waals surface area contributed by atoms with Gasteiger partial charge in [0.2, 0.25) is 6.41 Å². The first-order valence-electron chi connectivity index (χ1n) is 4.90. The molecule has 1 aromatic carbocycles. The lowest BCUT2D eigenvalue weighted by molar-refractivity contribution is -0.105. The van der Waals surface area contributed by atoms with E-state index >= 15 is 0 Å². The quantitative estimate of drug-likeness (QED) is 0.762. The van der Waals surface area contributed by atoms with Crippen molar-refractivity contribution in [1.29, 1.82) is 0 Å². The molecule has 0 radical (unpaired) electrons. The summed E-state index contributed by atoms with van der Waals surface area (Å²) >= 11 is 0. The highest BCUT2D eigenvalue weighted by atomic mass is 16.6.